The van der Waals surface area contributed by atoms with Crippen molar-refractivity contribution in [3.63, 3.8) is 0 Å². The van der Waals surface area contributed by atoms with Crippen molar-refractivity contribution in [1.82, 2.24) is 4.98 Å². The van der Waals surface area contributed by atoms with E-state index in [2.05, 4.69) is 13.0 Å². The Labute approximate surface area is 198 Å². The summed E-state index contributed by atoms with van der Waals surface area (Å²) in [4.78, 5) is 16.7. The van der Waals surface area contributed by atoms with Crippen molar-refractivity contribution in [2.24, 2.45) is 5.92 Å². The summed E-state index contributed by atoms with van der Waals surface area (Å²) in [5, 5.41) is 10.7. The molecule has 1 atom stereocenters. The summed E-state index contributed by atoms with van der Waals surface area (Å²) in [5.41, 5.74) is 5.22. The van der Waals surface area contributed by atoms with Gasteiger partial charge < -0.3 is 14.6 Å². The van der Waals surface area contributed by atoms with E-state index in [0.717, 1.165) is 46.1 Å². The Morgan fingerprint density at radius 2 is 2.06 bits per heavy atom. The van der Waals surface area contributed by atoms with Crippen molar-refractivity contribution >= 4 is 22.4 Å². The standard InChI is InChI=1S/C28H28FNO4/c1-16-12-18-6-4-5-7-19(18)25(20(16)13-23(31)32)26-22(34-28(2,3)15-29)14-21-24-17(9-11-33-21)8-10-30-27(24)26/h4-8,10,14,16H,9,11-13,15H2,1-3H3,(H,31,32). The molecule has 2 aliphatic rings. The number of carboxylic acid groups (broad SMARTS) is 1. The summed E-state index contributed by atoms with van der Waals surface area (Å²) in [6, 6.07) is 11.9. The Balaban J connectivity index is 1.91. The molecule has 0 bridgehead atoms. The van der Waals surface area contributed by atoms with Crippen LogP contribution in [-0.4, -0.2) is 34.9 Å². The molecule has 1 unspecified atom stereocenters. The molecule has 5 rings (SSSR count). The van der Waals surface area contributed by atoms with E-state index in [1.165, 1.54) is 0 Å². The van der Waals surface area contributed by atoms with E-state index in [0.29, 0.717) is 29.2 Å². The molecular weight excluding hydrogens is 433 g/mol. The number of carboxylic acids is 1. The van der Waals surface area contributed by atoms with Crippen LogP contribution in [0.25, 0.3) is 16.5 Å². The Bertz CT molecular complexity index is 1330. The molecule has 0 saturated heterocycles. The van der Waals surface area contributed by atoms with Gasteiger partial charge in [-0.25, -0.2) is 4.39 Å². The van der Waals surface area contributed by atoms with E-state index in [9.17, 15) is 14.3 Å². The first-order chi connectivity index (χ1) is 16.3. The molecule has 176 valence electrons. The summed E-state index contributed by atoms with van der Waals surface area (Å²) >= 11 is 0. The Morgan fingerprint density at radius 1 is 1.26 bits per heavy atom. The number of aromatic nitrogens is 1. The number of halogens is 1. The lowest BCUT2D eigenvalue weighted by Crippen LogP contribution is -2.31. The third-order valence-electron chi connectivity index (χ3n) is 6.69. The van der Waals surface area contributed by atoms with Gasteiger partial charge in [-0.15, -0.1) is 0 Å². The molecular formula is C28H28FNO4. The number of pyridine rings is 1. The molecule has 3 aromatic rings. The zero-order chi connectivity index (χ0) is 24.0. The van der Waals surface area contributed by atoms with E-state index in [4.69, 9.17) is 14.5 Å². The van der Waals surface area contributed by atoms with Crippen LogP contribution in [0, 0.1) is 5.92 Å². The molecule has 1 N–H and O–H groups in total. The quantitative estimate of drug-likeness (QED) is 0.505. The van der Waals surface area contributed by atoms with E-state index < -0.39 is 18.2 Å². The molecule has 2 heterocycles. The van der Waals surface area contributed by atoms with Crippen LogP contribution in [0.4, 0.5) is 4.39 Å². The van der Waals surface area contributed by atoms with E-state index in [1.54, 1.807) is 20.0 Å². The first kappa shape index (κ1) is 22.4. The first-order valence-corrected chi connectivity index (χ1v) is 11.6. The van der Waals surface area contributed by atoms with Crippen LogP contribution in [0.2, 0.25) is 0 Å². The molecule has 5 nitrogen and oxygen atoms in total. The molecule has 0 amide bonds. The number of aliphatic carboxylic acids is 1. The zero-order valence-electron chi connectivity index (χ0n) is 19.7. The smallest absolute Gasteiger partial charge is 0.307 e. The Hall–Kier alpha value is -3.41. The third kappa shape index (κ3) is 3.81. The van der Waals surface area contributed by atoms with E-state index in [1.807, 2.05) is 30.3 Å². The van der Waals surface area contributed by atoms with Gasteiger partial charge in [-0.3, -0.25) is 9.78 Å². The summed E-state index contributed by atoms with van der Waals surface area (Å²) < 4.78 is 26.2. The predicted octanol–water partition coefficient (Wildman–Crippen LogP) is 5.77. The zero-order valence-corrected chi connectivity index (χ0v) is 19.7. The van der Waals surface area contributed by atoms with Gasteiger partial charge in [0.25, 0.3) is 0 Å². The molecule has 34 heavy (non-hydrogen) atoms. The van der Waals surface area contributed by atoms with Gasteiger partial charge in [0.2, 0.25) is 0 Å². The lowest BCUT2D eigenvalue weighted by atomic mass is 9.75. The maximum atomic E-state index is 13.9. The maximum Gasteiger partial charge on any atom is 0.307 e. The van der Waals surface area contributed by atoms with Crippen LogP contribution in [0.3, 0.4) is 0 Å². The topological polar surface area (TPSA) is 68.7 Å². The van der Waals surface area contributed by atoms with Gasteiger partial charge in [-0.05, 0) is 60.1 Å². The van der Waals surface area contributed by atoms with Gasteiger partial charge in [0.15, 0.2) is 0 Å². The lowest BCUT2D eigenvalue weighted by Gasteiger charge is -2.32. The van der Waals surface area contributed by atoms with Crippen molar-refractivity contribution < 1.29 is 23.8 Å². The fourth-order valence-corrected chi connectivity index (χ4v) is 5.12. The highest BCUT2D eigenvalue weighted by atomic mass is 19.1. The number of hydrogen-bond donors (Lipinski definition) is 1. The third-order valence-corrected chi connectivity index (χ3v) is 6.69. The number of carbonyl (C=O) groups is 1. The van der Waals surface area contributed by atoms with Crippen LogP contribution < -0.4 is 9.47 Å². The summed E-state index contributed by atoms with van der Waals surface area (Å²) in [6.07, 6.45) is 3.20. The van der Waals surface area contributed by atoms with Crippen molar-refractivity contribution in [2.75, 3.05) is 13.3 Å². The number of alkyl halides is 1. The van der Waals surface area contributed by atoms with Crippen LogP contribution in [0.1, 0.15) is 49.4 Å². The number of nitrogens with zero attached hydrogens (tertiary/aromatic N) is 1. The number of fused-ring (bicyclic) bond motifs is 1. The Kier molecular flexibility index (Phi) is 5.54. The van der Waals surface area contributed by atoms with Gasteiger partial charge >= 0.3 is 5.97 Å². The van der Waals surface area contributed by atoms with Gasteiger partial charge in [0, 0.05) is 24.1 Å². The van der Waals surface area contributed by atoms with Crippen molar-refractivity contribution in [3.8, 4) is 11.5 Å². The molecule has 1 aliphatic carbocycles. The second-order valence-electron chi connectivity index (χ2n) is 9.77. The summed E-state index contributed by atoms with van der Waals surface area (Å²) in [6.45, 7) is 5.32. The van der Waals surface area contributed by atoms with Gasteiger partial charge in [0.05, 0.1) is 24.1 Å². The van der Waals surface area contributed by atoms with Crippen LogP contribution in [0.5, 0.6) is 11.5 Å². The average Bonchev–Trinajstić information content (AvgIpc) is 2.80. The second-order valence-corrected chi connectivity index (χ2v) is 9.77. The minimum Gasteiger partial charge on any atom is -0.492 e. The minimum absolute atomic E-state index is 0.0186. The highest BCUT2D eigenvalue weighted by Crippen LogP contribution is 2.49. The molecule has 2 aromatic carbocycles. The SMILES string of the molecule is CC1Cc2ccccc2C(c2c(OC(C)(C)CF)cc3c4c(ccnc24)CCO3)=C1CC(=O)O. The molecule has 1 aromatic heterocycles. The molecule has 0 spiro atoms. The summed E-state index contributed by atoms with van der Waals surface area (Å²) in [7, 11) is 0. The van der Waals surface area contributed by atoms with E-state index >= 15 is 0 Å². The van der Waals surface area contributed by atoms with Crippen molar-refractivity contribution in [3.05, 3.63) is 70.4 Å². The Morgan fingerprint density at radius 3 is 2.82 bits per heavy atom. The fraction of sp³-hybridized carbons (Fsp3) is 0.357. The molecule has 1 aliphatic heterocycles. The highest BCUT2D eigenvalue weighted by Gasteiger charge is 2.33. The van der Waals surface area contributed by atoms with Crippen LogP contribution in [0.15, 0.2) is 48.2 Å². The number of hydrogen-bond acceptors (Lipinski definition) is 4. The minimum atomic E-state index is -1.07. The summed E-state index contributed by atoms with van der Waals surface area (Å²) in [5.74, 6) is 0.253. The van der Waals surface area contributed by atoms with Gasteiger partial charge in [0.1, 0.15) is 23.8 Å². The van der Waals surface area contributed by atoms with Gasteiger partial charge in [-0.1, -0.05) is 31.2 Å². The maximum absolute atomic E-state index is 13.9. The normalized spacial score (nSPS) is 17.4. The molecule has 0 radical (unpaired) electrons. The van der Waals surface area contributed by atoms with Gasteiger partial charge in [-0.2, -0.15) is 0 Å². The average molecular weight is 462 g/mol. The first-order valence-electron chi connectivity index (χ1n) is 11.6. The predicted molar refractivity (Wildman–Crippen MR) is 129 cm³/mol. The van der Waals surface area contributed by atoms with Crippen molar-refractivity contribution in [2.45, 2.75) is 45.6 Å². The number of ether oxygens (including phenoxy) is 2. The number of benzene rings is 2. The highest BCUT2D eigenvalue weighted by molar-refractivity contribution is 6.04. The molecule has 6 heteroatoms. The second kappa shape index (κ2) is 8.42. The van der Waals surface area contributed by atoms with Crippen LogP contribution in [-0.2, 0) is 17.6 Å². The number of rotatable bonds is 6. The molecule has 0 fully saturated rings. The van der Waals surface area contributed by atoms with E-state index in [-0.39, 0.29) is 12.3 Å². The van der Waals surface area contributed by atoms with Crippen molar-refractivity contribution in [1.29, 1.82) is 0 Å². The van der Waals surface area contributed by atoms with Crippen LogP contribution >= 0.6 is 0 Å². The monoisotopic (exact) mass is 461 g/mol. The fourth-order valence-electron chi connectivity index (χ4n) is 5.12. The largest absolute Gasteiger partial charge is 0.492 e. The molecule has 0 saturated carbocycles. The lowest BCUT2D eigenvalue weighted by molar-refractivity contribution is -0.136.